The standard InChI is InChI=1S/C24H30N2O3S/c1-18-13-19(2)16-25(15-18)30(28,29)23-10-6-9-21(14-23)24(27)26(22-11-12-22)17-20-7-4-3-5-8-20/h3-10,14,18-19,22H,11-13,15-17H2,1-2H3. The van der Waals surface area contributed by atoms with Crippen molar-refractivity contribution in [3.8, 4) is 0 Å². The Morgan fingerprint density at radius 1 is 1.00 bits per heavy atom. The van der Waals surface area contributed by atoms with Gasteiger partial charge in [-0.25, -0.2) is 8.42 Å². The zero-order valence-corrected chi connectivity index (χ0v) is 18.5. The van der Waals surface area contributed by atoms with Crippen LogP contribution in [-0.2, 0) is 16.6 Å². The fraction of sp³-hybridized carbons (Fsp3) is 0.458. The molecule has 1 saturated heterocycles. The van der Waals surface area contributed by atoms with Crippen LogP contribution >= 0.6 is 0 Å². The maximum atomic E-state index is 13.3. The Balaban J connectivity index is 1.58. The molecular formula is C24H30N2O3S. The van der Waals surface area contributed by atoms with Crippen LogP contribution in [0.1, 0.15) is 49.0 Å². The van der Waals surface area contributed by atoms with E-state index in [1.165, 1.54) is 0 Å². The van der Waals surface area contributed by atoms with Gasteiger partial charge in [0.25, 0.3) is 5.91 Å². The van der Waals surface area contributed by atoms with Crippen molar-refractivity contribution in [3.63, 3.8) is 0 Å². The van der Waals surface area contributed by atoms with E-state index in [4.69, 9.17) is 0 Å². The minimum atomic E-state index is -3.61. The Kier molecular flexibility index (Phi) is 5.98. The lowest BCUT2D eigenvalue weighted by Gasteiger charge is -2.34. The molecule has 6 heteroatoms. The molecule has 1 aliphatic heterocycles. The first kappa shape index (κ1) is 21.1. The van der Waals surface area contributed by atoms with Gasteiger partial charge in [0.05, 0.1) is 4.90 Å². The topological polar surface area (TPSA) is 57.7 Å². The van der Waals surface area contributed by atoms with Crippen molar-refractivity contribution < 1.29 is 13.2 Å². The van der Waals surface area contributed by atoms with Crippen molar-refractivity contribution in [1.82, 2.24) is 9.21 Å². The van der Waals surface area contributed by atoms with Crippen LogP contribution in [0.3, 0.4) is 0 Å². The van der Waals surface area contributed by atoms with Crippen LogP contribution in [0.2, 0.25) is 0 Å². The Bertz CT molecular complexity index is 992. The second-order valence-electron chi connectivity index (χ2n) is 8.95. The molecule has 2 fully saturated rings. The highest BCUT2D eigenvalue weighted by Gasteiger charge is 2.35. The predicted molar refractivity (Wildman–Crippen MR) is 117 cm³/mol. The van der Waals surface area contributed by atoms with Gasteiger partial charge in [-0.15, -0.1) is 0 Å². The van der Waals surface area contributed by atoms with Crippen LogP contribution in [0.25, 0.3) is 0 Å². The van der Waals surface area contributed by atoms with E-state index >= 15 is 0 Å². The van der Waals surface area contributed by atoms with Gasteiger partial charge in [0.15, 0.2) is 0 Å². The number of nitrogens with zero attached hydrogens (tertiary/aromatic N) is 2. The van der Waals surface area contributed by atoms with Crippen LogP contribution in [-0.4, -0.2) is 42.7 Å². The average Bonchev–Trinajstić information content (AvgIpc) is 3.57. The fourth-order valence-electron chi connectivity index (χ4n) is 4.44. The number of amides is 1. The van der Waals surface area contributed by atoms with Gasteiger partial charge >= 0.3 is 0 Å². The molecule has 1 saturated carbocycles. The van der Waals surface area contributed by atoms with Crippen molar-refractivity contribution >= 4 is 15.9 Å². The van der Waals surface area contributed by atoms with Crippen LogP contribution < -0.4 is 0 Å². The molecule has 0 spiro atoms. The van der Waals surface area contributed by atoms with Gasteiger partial charge in [-0.3, -0.25) is 4.79 Å². The molecular weight excluding hydrogens is 396 g/mol. The maximum absolute atomic E-state index is 13.3. The van der Waals surface area contributed by atoms with Crippen LogP contribution in [0.4, 0.5) is 0 Å². The van der Waals surface area contributed by atoms with E-state index in [9.17, 15) is 13.2 Å². The monoisotopic (exact) mass is 426 g/mol. The Hall–Kier alpha value is -2.18. The van der Waals surface area contributed by atoms with E-state index < -0.39 is 10.0 Å². The molecule has 1 amide bonds. The van der Waals surface area contributed by atoms with Crippen molar-refractivity contribution in [1.29, 1.82) is 0 Å². The summed E-state index contributed by atoms with van der Waals surface area (Å²) in [6, 6.07) is 16.7. The van der Waals surface area contributed by atoms with Crippen molar-refractivity contribution in [2.24, 2.45) is 11.8 Å². The van der Waals surface area contributed by atoms with Gasteiger partial charge in [-0.05, 0) is 54.9 Å². The summed E-state index contributed by atoms with van der Waals surface area (Å²) >= 11 is 0. The molecule has 4 rings (SSSR count). The zero-order valence-electron chi connectivity index (χ0n) is 17.7. The molecule has 1 aliphatic carbocycles. The van der Waals surface area contributed by atoms with Gasteiger partial charge in [0.1, 0.15) is 0 Å². The summed E-state index contributed by atoms with van der Waals surface area (Å²) in [4.78, 5) is 15.4. The average molecular weight is 427 g/mol. The summed E-state index contributed by atoms with van der Waals surface area (Å²) in [5, 5.41) is 0. The highest BCUT2D eigenvalue weighted by molar-refractivity contribution is 7.89. The second kappa shape index (κ2) is 8.52. The zero-order chi connectivity index (χ0) is 21.3. The SMILES string of the molecule is CC1CC(C)CN(S(=O)(=O)c2cccc(C(=O)N(Cc3ccccc3)C3CC3)c2)C1. The quantitative estimate of drug-likeness (QED) is 0.697. The lowest BCUT2D eigenvalue weighted by atomic mass is 9.94. The van der Waals surface area contributed by atoms with Crippen LogP contribution in [0.5, 0.6) is 0 Å². The molecule has 0 N–H and O–H groups in total. The Morgan fingerprint density at radius 2 is 1.67 bits per heavy atom. The van der Waals surface area contributed by atoms with Gasteiger partial charge in [0, 0.05) is 31.2 Å². The van der Waals surface area contributed by atoms with Crippen molar-refractivity contribution in [2.45, 2.75) is 50.6 Å². The normalized spacial score (nSPS) is 22.6. The number of hydrogen-bond donors (Lipinski definition) is 0. The number of piperidine rings is 1. The third kappa shape index (κ3) is 4.60. The van der Waals surface area contributed by atoms with Crippen molar-refractivity contribution in [2.75, 3.05) is 13.1 Å². The molecule has 2 aromatic rings. The number of carbonyl (C=O) groups excluding carboxylic acids is 1. The third-order valence-electron chi connectivity index (χ3n) is 6.00. The number of sulfonamides is 1. The maximum Gasteiger partial charge on any atom is 0.254 e. The molecule has 1 heterocycles. The third-order valence-corrected chi connectivity index (χ3v) is 7.83. The van der Waals surface area contributed by atoms with E-state index in [0.29, 0.717) is 37.0 Å². The molecule has 2 aromatic carbocycles. The van der Waals surface area contributed by atoms with E-state index in [0.717, 1.165) is 24.8 Å². The molecule has 30 heavy (non-hydrogen) atoms. The summed E-state index contributed by atoms with van der Waals surface area (Å²) in [6.07, 6.45) is 3.04. The number of rotatable bonds is 6. The molecule has 160 valence electrons. The number of benzene rings is 2. The number of hydrogen-bond acceptors (Lipinski definition) is 3. The van der Waals surface area contributed by atoms with E-state index in [2.05, 4.69) is 13.8 Å². The lowest BCUT2D eigenvalue weighted by molar-refractivity contribution is 0.0729. The van der Waals surface area contributed by atoms with E-state index in [1.54, 1.807) is 28.6 Å². The minimum Gasteiger partial charge on any atom is -0.331 e. The van der Waals surface area contributed by atoms with Gasteiger partial charge < -0.3 is 4.90 Å². The van der Waals surface area contributed by atoms with Crippen LogP contribution in [0.15, 0.2) is 59.5 Å². The molecule has 5 nitrogen and oxygen atoms in total. The van der Waals surface area contributed by atoms with Gasteiger partial charge in [-0.2, -0.15) is 4.31 Å². The molecule has 2 unspecified atom stereocenters. The second-order valence-corrected chi connectivity index (χ2v) is 10.9. The van der Waals surface area contributed by atoms with E-state index in [1.807, 2.05) is 35.2 Å². The summed E-state index contributed by atoms with van der Waals surface area (Å²) in [7, 11) is -3.61. The fourth-order valence-corrected chi connectivity index (χ4v) is 6.17. The van der Waals surface area contributed by atoms with Gasteiger partial charge in [-0.1, -0.05) is 50.2 Å². The van der Waals surface area contributed by atoms with Crippen LogP contribution in [0, 0.1) is 11.8 Å². The largest absolute Gasteiger partial charge is 0.331 e. The predicted octanol–water partition coefficient (Wildman–Crippen LogP) is 4.16. The first-order valence-corrected chi connectivity index (χ1v) is 12.2. The minimum absolute atomic E-state index is 0.0983. The number of carbonyl (C=O) groups is 1. The highest BCUT2D eigenvalue weighted by atomic mass is 32.2. The highest BCUT2D eigenvalue weighted by Crippen LogP contribution is 2.31. The lowest BCUT2D eigenvalue weighted by Crippen LogP contribution is -2.42. The summed E-state index contributed by atoms with van der Waals surface area (Å²) in [5.74, 6) is 0.577. The van der Waals surface area contributed by atoms with E-state index in [-0.39, 0.29) is 16.8 Å². The van der Waals surface area contributed by atoms with Crippen molar-refractivity contribution in [3.05, 3.63) is 65.7 Å². The molecule has 2 atom stereocenters. The Morgan fingerprint density at radius 3 is 2.30 bits per heavy atom. The Labute approximate surface area is 179 Å². The van der Waals surface area contributed by atoms with Gasteiger partial charge in [0.2, 0.25) is 10.0 Å². The summed E-state index contributed by atoms with van der Waals surface area (Å²) in [5.41, 5.74) is 1.52. The molecule has 0 bridgehead atoms. The smallest absolute Gasteiger partial charge is 0.254 e. The first-order valence-electron chi connectivity index (χ1n) is 10.8. The summed E-state index contributed by atoms with van der Waals surface area (Å²) < 4.78 is 28.1. The molecule has 0 radical (unpaired) electrons. The summed E-state index contributed by atoms with van der Waals surface area (Å²) in [6.45, 7) is 5.80. The first-order chi connectivity index (χ1) is 14.3. The molecule has 2 aliphatic rings. The molecule has 0 aromatic heterocycles.